The Morgan fingerprint density at radius 2 is 2.00 bits per heavy atom. The summed E-state index contributed by atoms with van der Waals surface area (Å²) in [4.78, 5) is 26.6. The van der Waals surface area contributed by atoms with Crippen molar-refractivity contribution >= 4 is 23.4 Å². The Hall–Kier alpha value is -2.78. The molecule has 0 spiro atoms. The van der Waals surface area contributed by atoms with Crippen molar-refractivity contribution in [2.75, 3.05) is 19.6 Å². The molecule has 1 aliphatic heterocycles. The third-order valence-corrected chi connectivity index (χ3v) is 5.96. The molecule has 1 unspecified atom stereocenters. The lowest BCUT2D eigenvalue weighted by Gasteiger charge is -2.22. The number of amides is 1. The number of nitrogens with one attached hydrogen (secondary N) is 1. The first-order valence-corrected chi connectivity index (χ1v) is 10.2. The summed E-state index contributed by atoms with van der Waals surface area (Å²) >= 11 is 1.03. The molecule has 1 amide bonds. The van der Waals surface area contributed by atoms with Crippen molar-refractivity contribution in [2.24, 2.45) is 0 Å². The zero-order chi connectivity index (χ0) is 21.0. The molecule has 0 aromatic heterocycles. The van der Waals surface area contributed by atoms with E-state index >= 15 is 0 Å². The van der Waals surface area contributed by atoms with Gasteiger partial charge in [0.1, 0.15) is 11.5 Å². The number of rotatable bonds is 7. The molecule has 3 rings (SSSR count). The van der Waals surface area contributed by atoms with Gasteiger partial charge in [0.25, 0.3) is 11.6 Å². The van der Waals surface area contributed by atoms with E-state index in [1.807, 2.05) is 0 Å². The predicted molar refractivity (Wildman–Crippen MR) is 110 cm³/mol. The number of carbonyl (C=O) groups is 1. The lowest BCUT2D eigenvalue weighted by atomic mass is 10.1. The van der Waals surface area contributed by atoms with Crippen LogP contribution in [0, 0.1) is 10.1 Å². The van der Waals surface area contributed by atoms with Gasteiger partial charge in [-0.25, -0.2) is 0 Å². The number of aromatic hydroxyl groups is 2. The van der Waals surface area contributed by atoms with E-state index in [1.165, 1.54) is 30.3 Å². The minimum Gasteiger partial charge on any atom is -0.508 e. The first kappa shape index (κ1) is 20.9. The second kappa shape index (κ2) is 9.15. The van der Waals surface area contributed by atoms with Crippen molar-refractivity contribution in [3.8, 4) is 11.5 Å². The second-order valence-electron chi connectivity index (χ2n) is 6.86. The molecule has 2 aromatic rings. The predicted octanol–water partition coefficient (Wildman–Crippen LogP) is 3.37. The van der Waals surface area contributed by atoms with E-state index in [4.69, 9.17) is 0 Å². The van der Waals surface area contributed by atoms with Crippen molar-refractivity contribution in [2.45, 2.75) is 35.6 Å². The number of benzene rings is 2. The number of nitro groups is 1. The largest absolute Gasteiger partial charge is 0.508 e. The van der Waals surface area contributed by atoms with Gasteiger partial charge >= 0.3 is 0 Å². The van der Waals surface area contributed by atoms with E-state index in [0.717, 1.165) is 37.7 Å². The number of carbonyl (C=O) groups excluding carboxylic acids is 1. The summed E-state index contributed by atoms with van der Waals surface area (Å²) in [7, 11) is 0. The quantitative estimate of drug-likeness (QED) is 0.467. The summed E-state index contributed by atoms with van der Waals surface area (Å²) in [5, 5.41) is 33.6. The number of hydrogen-bond donors (Lipinski definition) is 3. The molecule has 0 radical (unpaired) electrons. The van der Waals surface area contributed by atoms with Crippen molar-refractivity contribution < 1.29 is 19.9 Å². The van der Waals surface area contributed by atoms with Crippen molar-refractivity contribution in [1.82, 2.24) is 10.2 Å². The molecule has 2 aromatic carbocycles. The molecule has 1 saturated heterocycles. The average molecular weight is 417 g/mol. The van der Waals surface area contributed by atoms with Crippen LogP contribution in [0.5, 0.6) is 11.5 Å². The zero-order valence-electron chi connectivity index (χ0n) is 16.0. The molecule has 8 nitrogen and oxygen atoms in total. The Balaban J connectivity index is 1.75. The normalized spacial score (nSPS) is 16.7. The summed E-state index contributed by atoms with van der Waals surface area (Å²) in [6.45, 7) is 4.56. The summed E-state index contributed by atoms with van der Waals surface area (Å²) < 4.78 is 0. The Bertz CT molecular complexity index is 901. The molecule has 154 valence electrons. The molecule has 0 aliphatic carbocycles. The minimum atomic E-state index is -0.544. The SMILES string of the molecule is CCN1CCCC1CNC(=O)c1ccc(Sc2cc(O)cc(O)c2)c([N+](=O)[O-])c1. The van der Waals surface area contributed by atoms with Crippen LogP contribution in [0.25, 0.3) is 0 Å². The van der Waals surface area contributed by atoms with Gasteiger partial charge < -0.3 is 15.5 Å². The topological polar surface area (TPSA) is 116 Å². The highest BCUT2D eigenvalue weighted by atomic mass is 32.2. The molecule has 1 heterocycles. The second-order valence-corrected chi connectivity index (χ2v) is 7.98. The van der Waals surface area contributed by atoms with Gasteiger partial charge in [0.05, 0.1) is 9.82 Å². The van der Waals surface area contributed by atoms with Crippen LogP contribution in [-0.2, 0) is 0 Å². The van der Waals surface area contributed by atoms with E-state index in [1.54, 1.807) is 6.07 Å². The lowest BCUT2D eigenvalue weighted by molar-refractivity contribution is -0.387. The van der Waals surface area contributed by atoms with Crippen LogP contribution in [0.4, 0.5) is 5.69 Å². The van der Waals surface area contributed by atoms with E-state index in [-0.39, 0.29) is 28.7 Å². The van der Waals surface area contributed by atoms with Gasteiger partial charge in [-0.2, -0.15) is 0 Å². The fraction of sp³-hybridized carbons (Fsp3) is 0.350. The molecular weight excluding hydrogens is 394 g/mol. The molecule has 0 saturated carbocycles. The molecular formula is C20H23N3O5S. The number of phenols is 2. The molecule has 0 bridgehead atoms. The molecule has 1 atom stereocenters. The van der Waals surface area contributed by atoms with Gasteiger partial charge in [-0.05, 0) is 50.2 Å². The minimum absolute atomic E-state index is 0.140. The van der Waals surface area contributed by atoms with Crippen LogP contribution in [0.1, 0.15) is 30.1 Å². The van der Waals surface area contributed by atoms with Crippen molar-refractivity contribution in [1.29, 1.82) is 0 Å². The number of likely N-dealkylation sites (N-methyl/N-ethyl adjacent to an activating group) is 1. The smallest absolute Gasteiger partial charge is 0.284 e. The van der Waals surface area contributed by atoms with Crippen LogP contribution >= 0.6 is 11.8 Å². The van der Waals surface area contributed by atoms with Crippen LogP contribution in [0.3, 0.4) is 0 Å². The molecule has 3 N–H and O–H groups in total. The number of likely N-dealkylation sites (tertiary alicyclic amines) is 1. The van der Waals surface area contributed by atoms with E-state index < -0.39 is 4.92 Å². The van der Waals surface area contributed by atoms with Crippen LogP contribution in [0.15, 0.2) is 46.2 Å². The highest BCUT2D eigenvalue weighted by Crippen LogP contribution is 2.38. The van der Waals surface area contributed by atoms with Gasteiger partial charge in [0, 0.05) is 35.2 Å². The van der Waals surface area contributed by atoms with Crippen LogP contribution in [0.2, 0.25) is 0 Å². The third-order valence-electron chi connectivity index (χ3n) is 4.93. The monoisotopic (exact) mass is 417 g/mol. The summed E-state index contributed by atoms with van der Waals surface area (Å²) in [5.74, 6) is -0.624. The third kappa shape index (κ3) is 5.18. The van der Waals surface area contributed by atoms with Gasteiger partial charge in [0.2, 0.25) is 0 Å². The standard InChI is InChI=1S/C20H23N3O5S/c1-2-22-7-3-4-14(22)12-21-20(26)13-5-6-19(18(8-13)23(27)28)29-17-10-15(24)9-16(25)11-17/h5-6,8-11,14,24-25H,2-4,7,12H2,1H3,(H,21,26). The molecule has 9 heteroatoms. The summed E-state index contributed by atoms with van der Waals surface area (Å²) in [5.41, 5.74) is 0.0161. The zero-order valence-corrected chi connectivity index (χ0v) is 16.8. The Morgan fingerprint density at radius 1 is 1.28 bits per heavy atom. The average Bonchev–Trinajstić information content (AvgIpc) is 3.13. The summed E-state index contributed by atoms with van der Waals surface area (Å²) in [6, 6.07) is 8.58. The van der Waals surface area contributed by atoms with Crippen molar-refractivity contribution in [3.63, 3.8) is 0 Å². The van der Waals surface area contributed by atoms with Gasteiger partial charge in [0.15, 0.2) is 0 Å². The maximum absolute atomic E-state index is 12.5. The van der Waals surface area contributed by atoms with Crippen LogP contribution < -0.4 is 5.32 Å². The lowest BCUT2D eigenvalue weighted by Crippen LogP contribution is -2.40. The fourth-order valence-corrected chi connectivity index (χ4v) is 4.48. The van der Waals surface area contributed by atoms with E-state index in [0.29, 0.717) is 22.4 Å². The van der Waals surface area contributed by atoms with Gasteiger partial charge in [-0.3, -0.25) is 19.8 Å². The highest BCUT2D eigenvalue weighted by molar-refractivity contribution is 7.99. The first-order chi connectivity index (χ1) is 13.9. The van der Waals surface area contributed by atoms with Crippen LogP contribution in [-0.4, -0.2) is 51.6 Å². The molecule has 29 heavy (non-hydrogen) atoms. The van der Waals surface area contributed by atoms with Crippen molar-refractivity contribution in [3.05, 3.63) is 52.1 Å². The Kier molecular flexibility index (Phi) is 6.60. The van der Waals surface area contributed by atoms with E-state index in [2.05, 4.69) is 17.1 Å². The summed E-state index contributed by atoms with van der Waals surface area (Å²) in [6.07, 6.45) is 2.14. The number of phenolic OH excluding ortho intramolecular Hbond substituents is 2. The Labute approximate surface area is 172 Å². The highest BCUT2D eigenvalue weighted by Gasteiger charge is 2.24. The van der Waals surface area contributed by atoms with Gasteiger partial charge in [-0.1, -0.05) is 18.7 Å². The molecule has 1 fully saturated rings. The molecule has 1 aliphatic rings. The van der Waals surface area contributed by atoms with E-state index in [9.17, 15) is 25.1 Å². The van der Waals surface area contributed by atoms with Gasteiger partial charge in [-0.15, -0.1) is 0 Å². The fourth-order valence-electron chi connectivity index (χ4n) is 3.50. The maximum atomic E-state index is 12.5. The Morgan fingerprint density at radius 3 is 2.66 bits per heavy atom. The maximum Gasteiger partial charge on any atom is 0.284 e. The number of nitro benzene ring substituents is 1. The number of hydrogen-bond acceptors (Lipinski definition) is 7. The number of nitrogens with zero attached hydrogens (tertiary/aromatic N) is 2. The first-order valence-electron chi connectivity index (χ1n) is 9.39.